The van der Waals surface area contributed by atoms with Crippen LogP contribution >= 0.6 is 0 Å². The molecular formula is C25H20N4O3. The highest BCUT2D eigenvalue weighted by Gasteiger charge is 2.37. The summed E-state index contributed by atoms with van der Waals surface area (Å²) in [6.07, 6.45) is 0. The third-order valence-corrected chi connectivity index (χ3v) is 5.72. The van der Waals surface area contributed by atoms with Crippen LogP contribution in [0.2, 0.25) is 0 Å². The van der Waals surface area contributed by atoms with Crippen LogP contribution in [0.3, 0.4) is 0 Å². The van der Waals surface area contributed by atoms with Gasteiger partial charge < -0.3 is 19.9 Å². The number of allylic oxidation sites excluding steroid dienone is 1. The molecule has 0 bridgehead atoms. The number of H-pyrrole nitrogens is 1. The zero-order chi connectivity index (χ0) is 22.2. The van der Waals surface area contributed by atoms with E-state index >= 15 is 0 Å². The number of hydrogen-bond donors (Lipinski definition) is 2. The van der Waals surface area contributed by atoms with E-state index in [4.69, 9.17) is 19.9 Å². The average molecular weight is 424 g/mol. The van der Waals surface area contributed by atoms with Crippen LogP contribution in [0.5, 0.6) is 17.4 Å². The van der Waals surface area contributed by atoms with Crippen molar-refractivity contribution in [3.8, 4) is 34.7 Å². The lowest BCUT2D eigenvalue weighted by molar-refractivity contribution is 0.348. The Kier molecular flexibility index (Phi) is 4.68. The van der Waals surface area contributed by atoms with Gasteiger partial charge in [-0.3, -0.25) is 5.10 Å². The predicted molar refractivity (Wildman–Crippen MR) is 120 cm³/mol. The summed E-state index contributed by atoms with van der Waals surface area (Å²) in [6, 6.07) is 22.0. The maximum Gasteiger partial charge on any atom is 0.244 e. The lowest BCUT2D eigenvalue weighted by atomic mass is 9.82. The highest BCUT2D eigenvalue weighted by molar-refractivity contribution is 5.87. The smallest absolute Gasteiger partial charge is 0.244 e. The summed E-state index contributed by atoms with van der Waals surface area (Å²) in [6.45, 7) is 0. The van der Waals surface area contributed by atoms with Crippen molar-refractivity contribution >= 4 is 10.8 Å². The highest BCUT2D eigenvalue weighted by Crippen LogP contribution is 2.49. The summed E-state index contributed by atoms with van der Waals surface area (Å²) < 4.78 is 16.9. The molecule has 5 rings (SSSR count). The third kappa shape index (κ3) is 2.93. The molecule has 0 saturated carbocycles. The molecule has 0 fully saturated rings. The topological polar surface area (TPSA) is 106 Å². The van der Waals surface area contributed by atoms with Gasteiger partial charge in [-0.2, -0.15) is 5.26 Å². The Labute approximate surface area is 184 Å². The second kappa shape index (κ2) is 7.67. The first kappa shape index (κ1) is 19.5. The highest BCUT2D eigenvalue weighted by atomic mass is 16.5. The first-order valence-electron chi connectivity index (χ1n) is 10.0. The van der Waals surface area contributed by atoms with Gasteiger partial charge in [0.1, 0.15) is 11.6 Å². The minimum absolute atomic E-state index is 0.0198. The monoisotopic (exact) mass is 424 g/mol. The fraction of sp³-hybridized carbons (Fsp3) is 0.120. The molecule has 1 aliphatic heterocycles. The number of ether oxygens (including phenoxy) is 3. The van der Waals surface area contributed by atoms with Crippen molar-refractivity contribution in [1.29, 1.82) is 5.26 Å². The van der Waals surface area contributed by atoms with Crippen molar-refractivity contribution in [2.24, 2.45) is 5.73 Å². The third-order valence-electron chi connectivity index (χ3n) is 5.72. The van der Waals surface area contributed by atoms with E-state index in [1.165, 1.54) is 0 Å². The van der Waals surface area contributed by atoms with E-state index in [-0.39, 0.29) is 11.5 Å². The van der Waals surface area contributed by atoms with E-state index in [1.54, 1.807) is 20.3 Å². The van der Waals surface area contributed by atoms with Gasteiger partial charge in [0.05, 0.1) is 31.4 Å². The van der Waals surface area contributed by atoms with Gasteiger partial charge in [0.2, 0.25) is 11.8 Å². The fourth-order valence-electron chi connectivity index (χ4n) is 4.26. The van der Waals surface area contributed by atoms with Crippen LogP contribution in [0, 0.1) is 11.3 Å². The molecule has 1 aromatic heterocycles. The maximum atomic E-state index is 9.98. The van der Waals surface area contributed by atoms with Gasteiger partial charge in [0.15, 0.2) is 11.5 Å². The summed E-state index contributed by atoms with van der Waals surface area (Å²) in [7, 11) is 3.14. The predicted octanol–water partition coefficient (Wildman–Crippen LogP) is 4.47. The molecule has 0 spiro atoms. The zero-order valence-corrected chi connectivity index (χ0v) is 17.5. The van der Waals surface area contributed by atoms with E-state index in [9.17, 15) is 5.26 Å². The Morgan fingerprint density at radius 3 is 2.59 bits per heavy atom. The van der Waals surface area contributed by atoms with E-state index in [0.29, 0.717) is 17.4 Å². The number of fused-ring (bicyclic) bond motifs is 2. The quantitative estimate of drug-likeness (QED) is 0.501. The van der Waals surface area contributed by atoms with Crippen LogP contribution in [-0.2, 0) is 0 Å². The molecule has 0 saturated heterocycles. The van der Waals surface area contributed by atoms with Gasteiger partial charge in [-0.05, 0) is 22.9 Å². The second-order valence-corrected chi connectivity index (χ2v) is 7.39. The molecule has 1 atom stereocenters. The van der Waals surface area contributed by atoms with Gasteiger partial charge in [-0.1, -0.05) is 48.5 Å². The number of para-hydroxylation sites is 1. The van der Waals surface area contributed by atoms with E-state index in [1.807, 2.05) is 30.3 Å². The molecule has 32 heavy (non-hydrogen) atoms. The summed E-state index contributed by atoms with van der Waals surface area (Å²) in [5.74, 6) is 0.892. The Morgan fingerprint density at radius 2 is 1.84 bits per heavy atom. The molecule has 2 heterocycles. The first-order valence-corrected chi connectivity index (χ1v) is 10.0. The molecule has 7 nitrogen and oxygen atoms in total. The van der Waals surface area contributed by atoms with Gasteiger partial charge in [0, 0.05) is 11.1 Å². The molecule has 7 heteroatoms. The molecule has 1 aliphatic rings. The van der Waals surface area contributed by atoms with Gasteiger partial charge in [0.25, 0.3) is 0 Å². The number of rotatable bonds is 4. The maximum absolute atomic E-state index is 9.98. The van der Waals surface area contributed by atoms with Crippen molar-refractivity contribution < 1.29 is 14.2 Å². The van der Waals surface area contributed by atoms with Crippen molar-refractivity contribution in [1.82, 2.24) is 10.2 Å². The SMILES string of the molecule is COc1cccc([C@H]2C(C#N)=C(N)Oc3n[nH]c(-c4ccc5ccccc5c4)c32)c1OC. The Bertz CT molecular complexity index is 1410. The van der Waals surface area contributed by atoms with Gasteiger partial charge in [-0.15, -0.1) is 5.10 Å². The Morgan fingerprint density at radius 1 is 1.03 bits per heavy atom. The Hall–Kier alpha value is -4.44. The van der Waals surface area contributed by atoms with E-state index in [0.717, 1.165) is 33.2 Å². The molecule has 3 aromatic carbocycles. The standard InChI is InChI=1S/C25H20N4O3/c1-30-19-9-5-8-17(23(19)31-2)20-18(13-26)24(27)32-25-21(20)22(28-29-25)16-11-10-14-6-3-4-7-15(14)12-16/h3-12,20H,27H2,1-2H3,(H,28,29)/t20-/m0/s1. The molecule has 4 aromatic rings. The largest absolute Gasteiger partial charge is 0.493 e. The first-order chi connectivity index (χ1) is 15.7. The van der Waals surface area contributed by atoms with Crippen LogP contribution in [-0.4, -0.2) is 24.4 Å². The fourth-order valence-corrected chi connectivity index (χ4v) is 4.26. The minimum Gasteiger partial charge on any atom is -0.493 e. The number of methoxy groups -OCH3 is 2. The normalized spacial score (nSPS) is 15.1. The average Bonchev–Trinajstić information content (AvgIpc) is 3.25. The Balaban J connectivity index is 1.76. The summed E-state index contributed by atoms with van der Waals surface area (Å²) in [5, 5.41) is 19.7. The number of nitrogens with one attached hydrogen (secondary N) is 1. The summed E-state index contributed by atoms with van der Waals surface area (Å²) >= 11 is 0. The lowest BCUT2D eigenvalue weighted by Crippen LogP contribution is -2.21. The number of nitrogens with zero attached hydrogens (tertiary/aromatic N) is 2. The second-order valence-electron chi connectivity index (χ2n) is 7.39. The molecule has 0 aliphatic carbocycles. The number of benzene rings is 3. The zero-order valence-electron chi connectivity index (χ0n) is 17.5. The molecule has 3 N–H and O–H groups in total. The van der Waals surface area contributed by atoms with Crippen LogP contribution in [0.1, 0.15) is 17.0 Å². The molecule has 158 valence electrons. The number of aromatic nitrogens is 2. The van der Waals surface area contributed by atoms with Crippen molar-refractivity contribution in [3.05, 3.63) is 83.2 Å². The minimum atomic E-state index is -0.547. The van der Waals surface area contributed by atoms with Crippen molar-refractivity contribution in [2.75, 3.05) is 14.2 Å². The van der Waals surface area contributed by atoms with Crippen LogP contribution in [0.4, 0.5) is 0 Å². The number of nitrogens with two attached hydrogens (primary N) is 1. The van der Waals surface area contributed by atoms with Crippen LogP contribution in [0.15, 0.2) is 72.1 Å². The van der Waals surface area contributed by atoms with Crippen molar-refractivity contribution in [2.45, 2.75) is 5.92 Å². The number of nitriles is 1. The molecule has 0 radical (unpaired) electrons. The molecule has 0 unspecified atom stereocenters. The number of aromatic amines is 1. The number of hydrogen-bond acceptors (Lipinski definition) is 6. The lowest BCUT2D eigenvalue weighted by Gasteiger charge is -2.26. The summed E-state index contributed by atoms with van der Waals surface area (Å²) in [4.78, 5) is 0. The van der Waals surface area contributed by atoms with Crippen LogP contribution < -0.4 is 19.9 Å². The van der Waals surface area contributed by atoms with Crippen LogP contribution in [0.25, 0.3) is 22.0 Å². The van der Waals surface area contributed by atoms with Gasteiger partial charge >= 0.3 is 0 Å². The van der Waals surface area contributed by atoms with Gasteiger partial charge in [-0.25, -0.2) is 0 Å². The van der Waals surface area contributed by atoms with E-state index in [2.05, 4.69) is 40.5 Å². The summed E-state index contributed by atoms with van der Waals surface area (Å²) in [5.41, 5.74) is 9.54. The van der Waals surface area contributed by atoms with E-state index < -0.39 is 5.92 Å². The molecular weight excluding hydrogens is 404 g/mol. The van der Waals surface area contributed by atoms with Crippen molar-refractivity contribution in [3.63, 3.8) is 0 Å². The molecule has 0 amide bonds.